The molecule has 2 aromatic carbocycles. The van der Waals surface area contributed by atoms with Crippen LogP contribution < -0.4 is 10.9 Å². The molecule has 0 saturated heterocycles. The van der Waals surface area contributed by atoms with Crippen molar-refractivity contribution in [2.75, 3.05) is 5.32 Å². The van der Waals surface area contributed by atoms with Gasteiger partial charge >= 0.3 is 0 Å². The van der Waals surface area contributed by atoms with Gasteiger partial charge in [0.1, 0.15) is 11.1 Å². The first-order valence-electron chi connectivity index (χ1n) is 8.93. The minimum Gasteiger partial charge on any atom is -0.441 e. The van der Waals surface area contributed by atoms with Crippen molar-refractivity contribution >= 4 is 22.7 Å². The van der Waals surface area contributed by atoms with Gasteiger partial charge in [0.25, 0.3) is 11.5 Å². The Bertz CT molecular complexity index is 1240. The van der Waals surface area contributed by atoms with Crippen LogP contribution in [0, 0.1) is 13.8 Å². The lowest BCUT2D eigenvalue weighted by Gasteiger charge is -2.09. The Balaban J connectivity index is 1.59. The number of nitrogens with zero attached hydrogens (tertiary/aromatic N) is 2. The third-order valence-electron chi connectivity index (χ3n) is 4.45. The molecule has 4 rings (SSSR count). The predicted molar refractivity (Wildman–Crippen MR) is 108 cm³/mol. The van der Waals surface area contributed by atoms with Crippen LogP contribution in [0.5, 0.6) is 0 Å². The highest BCUT2D eigenvalue weighted by atomic mass is 16.3. The summed E-state index contributed by atoms with van der Waals surface area (Å²) < 4.78 is 7.02. The van der Waals surface area contributed by atoms with E-state index in [-0.39, 0.29) is 11.1 Å². The number of rotatable bonds is 4. The number of aryl methyl sites for hydroxylation is 2. The molecule has 2 heterocycles. The van der Waals surface area contributed by atoms with Crippen LogP contribution in [-0.4, -0.2) is 15.5 Å². The summed E-state index contributed by atoms with van der Waals surface area (Å²) in [6.45, 7) is 4.17. The molecule has 1 N–H and O–H groups in total. The first-order chi connectivity index (χ1) is 13.5. The molecule has 1 amide bonds. The van der Waals surface area contributed by atoms with Gasteiger partial charge in [-0.25, -0.2) is 4.98 Å². The van der Waals surface area contributed by atoms with Crippen molar-refractivity contribution in [3.63, 3.8) is 0 Å². The van der Waals surface area contributed by atoms with Crippen LogP contribution in [0.25, 0.3) is 11.1 Å². The smallest absolute Gasteiger partial charge is 0.263 e. The molecule has 140 valence electrons. The number of fused-ring (bicyclic) bond motifs is 1. The summed E-state index contributed by atoms with van der Waals surface area (Å²) in [4.78, 5) is 29.7. The zero-order chi connectivity index (χ0) is 19.7. The summed E-state index contributed by atoms with van der Waals surface area (Å²) in [6.07, 6.45) is 1.69. The minimum absolute atomic E-state index is 0.0870. The summed E-state index contributed by atoms with van der Waals surface area (Å²) in [5.74, 6) is 0.0970. The molecule has 0 radical (unpaired) electrons. The molecule has 0 aliphatic heterocycles. The third-order valence-corrected chi connectivity index (χ3v) is 4.45. The topological polar surface area (TPSA) is 77.1 Å². The van der Waals surface area contributed by atoms with Crippen LogP contribution in [0.2, 0.25) is 0 Å². The van der Waals surface area contributed by atoms with Crippen LogP contribution in [0.3, 0.4) is 0 Å². The standard InChI is InChI=1S/C22H19N3O3/c1-14-5-3-6-16(11-14)13-25-10-4-7-18(22(25)27)21(26)24-17-8-9-19-20(12-17)28-15(2)23-19/h3-12H,13H2,1-2H3,(H,24,26). The van der Waals surface area contributed by atoms with Gasteiger partial charge < -0.3 is 14.3 Å². The van der Waals surface area contributed by atoms with E-state index in [0.717, 1.165) is 16.6 Å². The Hall–Kier alpha value is -3.67. The van der Waals surface area contributed by atoms with E-state index < -0.39 is 5.91 Å². The Labute approximate surface area is 161 Å². The largest absolute Gasteiger partial charge is 0.441 e. The van der Waals surface area contributed by atoms with E-state index in [1.807, 2.05) is 31.2 Å². The minimum atomic E-state index is -0.459. The van der Waals surface area contributed by atoms with E-state index in [1.54, 1.807) is 37.4 Å². The van der Waals surface area contributed by atoms with Crippen molar-refractivity contribution in [3.05, 3.63) is 93.7 Å². The van der Waals surface area contributed by atoms with Gasteiger partial charge in [0, 0.05) is 24.9 Å². The van der Waals surface area contributed by atoms with Crippen molar-refractivity contribution in [3.8, 4) is 0 Å². The van der Waals surface area contributed by atoms with Gasteiger partial charge in [-0.05, 0) is 36.8 Å². The lowest BCUT2D eigenvalue weighted by atomic mass is 10.1. The molecule has 0 aliphatic rings. The molecular weight excluding hydrogens is 354 g/mol. The molecule has 28 heavy (non-hydrogen) atoms. The zero-order valence-corrected chi connectivity index (χ0v) is 15.6. The second-order valence-corrected chi connectivity index (χ2v) is 6.71. The van der Waals surface area contributed by atoms with E-state index in [1.165, 1.54) is 10.6 Å². The van der Waals surface area contributed by atoms with E-state index in [4.69, 9.17) is 4.42 Å². The number of carbonyl (C=O) groups excluding carboxylic acids is 1. The van der Waals surface area contributed by atoms with Crippen molar-refractivity contribution in [1.82, 2.24) is 9.55 Å². The fraction of sp³-hybridized carbons (Fsp3) is 0.136. The summed E-state index contributed by atoms with van der Waals surface area (Å²) in [5, 5.41) is 2.76. The molecule has 4 aromatic rings. The normalized spacial score (nSPS) is 10.9. The predicted octanol–water partition coefficient (Wildman–Crippen LogP) is 3.91. The lowest BCUT2D eigenvalue weighted by Crippen LogP contribution is -2.29. The first-order valence-corrected chi connectivity index (χ1v) is 8.93. The molecular formula is C22H19N3O3. The molecule has 0 spiro atoms. The second kappa shape index (κ2) is 7.15. The molecule has 6 nitrogen and oxygen atoms in total. The van der Waals surface area contributed by atoms with Crippen molar-refractivity contribution in [1.29, 1.82) is 0 Å². The molecule has 0 fully saturated rings. The van der Waals surface area contributed by atoms with E-state index in [9.17, 15) is 9.59 Å². The number of oxazole rings is 1. The van der Waals surface area contributed by atoms with E-state index >= 15 is 0 Å². The van der Waals surface area contributed by atoms with Gasteiger partial charge in [0.15, 0.2) is 11.5 Å². The van der Waals surface area contributed by atoms with Crippen LogP contribution in [-0.2, 0) is 6.54 Å². The van der Waals surface area contributed by atoms with Crippen molar-refractivity contribution in [2.24, 2.45) is 0 Å². The Morgan fingerprint density at radius 3 is 2.79 bits per heavy atom. The summed E-state index contributed by atoms with van der Waals surface area (Å²) in [7, 11) is 0. The van der Waals surface area contributed by atoms with Gasteiger partial charge in [-0.2, -0.15) is 0 Å². The fourth-order valence-corrected chi connectivity index (χ4v) is 3.16. The number of carbonyl (C=O) groups is 1. The van der Waals surface area contributed by atoms with E-state index in [0.29, 0.717) is 23.7 Å². The van der Waals surface area contributed by atoms with Crippen molar-refractivity contribution in [2.45, 2.75) is 20.4 Å². The number of pyridine rings is 1. The van der Waals surface area contributed by atoms with E-state index in [2.05, 4.69) is 10.3 Å². The average Bonchev–Trinajstić information content (AvgIpc) is 3.03. The summed E-state index contributed by atoms with van der Waals surface area (Å²) >= 11 is 0. The fourth-order valence-electron chi connectivity index (χ4n) is 3.16. The van der Waals surface area contributed by atoms with Crippen LogP contribution in [0.15, 0.2) is 70.0 Å². The number of hydrogen-bond acceptors (Lipinski definition) is 4. The first kappa shape index (κ1) is 17.7. The van der Waals surface area contributed by atoms with Crippen LogP contribution in [0.1, 0.15) is 27.4 Å². The highest BCUT2D eigenvalue weighted by Crippen LogP contribution is 2.20. The molecule has 0 saturated carbocycles. The highest BCUT2D eigenvalue weighted by Gasteiger charge is 2.13. The van der Waals surface area contributed by atoms with Gasteiger partial charge in [-0.3, -0.25) is 9.59 Å². The van der Waals surface area contributed by atoms with Gasteiger partial charge in [0.2, 0.25) is 0 Å². The maximum absolute atomic E-state index is 12.8. The van der Waals surface area contributed by atoms with Crippen molar-refractivity contribution < 1.29 is 9.21 Å². The summed E-state index contributed by atoms with van der Waals surface area (Å²) in [5.41, 5.74) is 3.73. The number of hydrogen-bond donors (Lipinski definition) is 1. The molecule has 6 heteroatoms. The number of anilines is 1. The molecule has 0 bridgehead atoms. The van der Waals surface area contributed by atoms with Crippen LogP contribution in [0.4, 0.5) is 5.69 Å². The number of nitrogens with one attached hydrogen (secondary N) is 1. The van der Waals surface area contributed by atoms with Gasteiger partial charge in [-0.15, -0.1) is 0 Å². The summed E-state index contributed by atoms with van der Waals surface area (Å²) in [6, 6.07) is 16.4. The van der Waals surface area contributed by atoms with Crippen LogP contribution >= 0.6 is 0 Å². The highest BCUT2D eigenvalue weighted by molar-refractivity contribution is 6.04. The van der Waals surface area contributed by atoms with Gasteiger partial charge in [-0.1, -0.05) is 29.8 Å². The quantitative estimate of drug-likeness (QED) is 0.588. The average molecular weight is 373 g/mol. The lowest BCUT2D eigenvalue weighted by molar-refractivity contribution is 0.102. The maximum atomic E-state index is 12.8. The SMILES string of the molecule is Cc1cccc(Cn2cccc(C(=O)Nc3ccc4nc(C)oc4c3)c2=O)c1. The molecule has 2 aromatic heterocycles. The zero-order valence-electron chi connectivity index (χ0n) is 15.6. The Morgan fingerprint density at radius 1 is 1.11 bits per heavy atom. The monoisotopic (exact) mass is 373 g/mol. The number of amides is 1. The third kappa shape index (κ3) is 3.57. The molecule has 0 unspecified atom stereocenters. The maximum Gasteiger partial charge on any atom is 0.263 e. The Kier molecular flexibility index (Phi) is 4.53. The molecule has 0 aliphatic carbocycles. The number of benzene rings is 2. The van der Waals surface area contributed by atoms with Gasteiger partial charge in [0.05, 0.1) is 6.54 Å². The Morgan fingerprint density at radius 2 is 1.96 bits per heavy atom. The second-order valence-electron chi connectivity index (χ2n) is 6.71. The molecule has 0 atom stereocenters. The number of aromatic nitrogens is 2.